The lowest BCUT2D eigenvalue weighted by atomic mass is 10.2. The zero-order valence-electron chi connectivity index (χ0n) is 12.4. The molecule has 0 saturated carbocycles. The number of non-ortho nitro benzene ring substituents is 1. The summed E-state index contributed by atoms with van der Waals surface area (Å²) in [7, 11) is 0. The highest BCUT2D eigenvalue weighted by Crippen LogP contribution is 2.24. The quantitative estimate of drug-likeness (QED) is 0.593. The maximum Gasteiger partial charge on any atom is 0.270 e. The number of benzene rings is 1. The normalized spacial score (nSPS) is 11.0. The summed E-state index contributed by atoms with van der Waals surface area (Å²) in [5.74, 6) is 1.10. The first-order valence-electron chi connectivity index (χ1n) is 7.16. The largest absolute Gasteiger partial charge is 0.441 e. The smallest absolute Gasteiger partial charge is 0.270 e. The molecule has 1 aromatic carbocycles. The van der Waals surface area contributed by atoms with Gasteiger partial charge in [0.15, 0.2) is 11.7 Å². The van der Waals surface area contributed by atoms with E-state index >= 15 is 0 Å². The number of nitro groups is 1. The summed E-state index contributed by atoms with van der Waals surface area (Å²) in [6, 6.07) is 6.28. The number of nitro benzene ring substituents is 1. The molecule has 0 spiro atoms. The highest BCUT2D eigenvalue weighted by atomic mass is 16.6. The average molecular weight is 305 g/mol. The van der Waals surface area contributed by atoms with Gasteiger partial charge in [-0.15, -0.1) is 0 Å². The summed E-state index contributed by atoms with van der Waals surface area (Å²) >= 11 is 0. The molecular formula is C15H19N3O4. The molecule has 0 aliphatic carbocycles. The minimum atomic E-state index is -0.436. The number of aromatic nitrogens is 1. The topological polar surface area (TPSA) is 92.6 Å². The van der Waals surface area contributed by atoms with E-state index in [0.717, 1.165) is 13.1 Å². The maximum atomic E-state index is 10.8. The van der Waals surface area contributed by atoms with Gasteiger partial charge in [0, 0.05) is 37.2 Å². The van der Waals surface area contributed by atoms with E-state index < -0.39 is 4.92 Å². The van der Waals surface area contributed by atoms with Crippen LogP contribution in [0.15, 0.2) is 34.9 Å². The molecule has 0 aliphatic rings. The third-order valence-corrected chi connectivity index (χ3v) is 3.40. The molecule has 1 aromatic heterocycles. The molecule has 0 bridgehead atoms. The second-order valence-corrected chi connectivity index (χ2v) is 4.83. The summed E-state index contributed by atoms with van der Waals surface area (Å²) in [5.41, 5.74) is 0.659. The van der Waals surface area contributed by atoms with Crippen LogP contribution < -0.4 is 0 Å². The number of oxazole rings is 1. The van der Waals surface area contributed by atoms with Crippen LogP contribution in [0.25, 0.3) is 11.3 Å². The molecule has 0 unspecified atom stereocenters. The number of likely N-dealkylation sites (N-methyl/N-ethyl adjacent to an activating group) is 1. The van der Waals surface area contributed by atoms with E-state index in [2.05, 4.69) is 9.88 Å². The van der Waals surface area contributed by atoms with Crippen LogP contribution in [-0.4, -0.2) is 46.2 Å². The highest BCUT2D eigenvalue weighted by molar-refractivity contribution is 5.60. The molecule has 0 aliphatic heterocycles. The van der Waals surface area contributed by atoms with Gasteiger partial charge in [0.25, 0.3) is 5.69 Å². The van der Waals surface area contributed by atoms with Crippen LogP contribution in [0.1, 0.15) is 12.8 Å². The Morgan fingerprint density at radius 1 is 1.41 bits per heavy atom. The van der Waals surface area contributed by atoms with Crippen LogP contribution in [0.5, 0.6) is 0 Å². The lowest BCUT2D eigenvalue weighted by Gasteiger charge is -2.17. The molecule has 0 atom stereocenters. The molecule has 2 aromatic rings. The van der Waals surface area contributed by atoms with E-state index in [9.17, 15) is 10.1 Å². The molecule has 118 valence electrons. The highest BCUT2D eigenvalue weighted by Gasteiger charge is 2.12. The minimum absolute atomic E-state index is 0.0237. The number of hydrogen-bond donors (Lipinski definition) is 1. The molecule has 1 N–H and O–H groups in total. The molecule has 22 heavy (non-hydrogen) atoms. The number of rotatable bonds is 8. The number of hydrogen-bond acceptors (Lipinski definition) is 6. The van der Waals surface area contributed by atoms with Crippen LogP contribution in [0, 0.1) is 10.1 Å². The Morgan fingerprint density at radius 3 is 2.91 bits per heavy atom. The standard InChI is InChI=1S/C15H19N3O4/c1-2-17(8-9-19)7-6-15-16-11-14(22-15)12-4-3-5-13(10-12)18(20)21/h3-5,10-11,19H,2,6-9H2,1H3. The summed E-state index contributed by atoms with van der Waals surface area (Å²) < 4.78 is 5.65. The second kappa shape index (κ2) is 7.67. The van der Waals surface area contributed by atoms with E-state index in [4.69, 9.17) is 9.52 Å². The van der Waals surface area contributed by atoms with Crippen molar-refractivity contribution in [1.29, 1.82) is 0 Å². The van der Waals surface area contributed by atoms with Gasteiger partial charge in [0.2, 0.25) is 0 Å². The monoisotopic (exact) mass is 305 g/mol. The van der Waals surface area contributed by atoms with E-state index in [1.807, 2.05) is 6.92 Å². The first kappa shape index (κ1) is 16.1. The molecule has 7 heteroatoms. The fourth-order valence-electron chi connectivity index (χ4n) is 2.16. The predicted octanol–water partition coefficient (Wildman–Crippen LogP) is 2.11. The summed E-state index contributed by atoms with van der Waals surface area (Å²) in [5, 5.41) is 19.7. The van der Waals surface area contributed by atoms with Crippen molar-refractivity contribution in [3.63, 3.8) is 0 Å². The van der Waals surface area contributed by atoms with Crippen LogP contribution in [0.4, 0.5) is 5.69 Å². The first-order valence-corrected chi connectivity index (χ1v) is 7.16. The van der Waals surface area contributed by atoms with Crippen molar-refractivity contribution >= 4 is 5.69 Å². The molecule has 0 fully saturated rings. The van der Waals surface area contributed by atoms with Crippen LogP contribution >= 0.6 is 0 Å². The van der Waals surface area contributed by atoms with Gasteiger partial charge in [0.05, 0.1) is 17.7 Å². The Kier molecular flexibility index (Phi) is 5.62. The third-order valence-electron chi connectivity index (χ3n) is 3.40. The summed E-state index contributed by atoms with van der Waals surface area (Å²) in [6.07, 6.45) is 2.21. The van der Waals surface area contributed by atoms with Gasteiger partial charge in [-0.25, -0.2) is 4.98 Å². The van der Waals surface area contributed by atoms with Crippen LogP contribution in [-0.2, 0) is 6.42 Å². The van der Waals surface area contributed by atoms with E-state index in [0.29, 0.717) is 30.2 Å². The van der Waals surface area contributed by atoms with Gasteiger partial charge >= 0.3 is 0 Å². The van der Waals surface area contributed by atoms with Gasteiger partial charge in [0.1, 0.15) is 0 Å². The summed E-state index contributed by atoms with van der Waals surface area (Å²) in [4.78, 5) is 16.7. The lowest BCUT2D eigenvalue weighted by molar-refractivity contribution is -0.384. The van der Waals surface area contributed by atoms with Crippen molar-refractivity contribution in [2.45, 2.75) is 13.3 Å². The minimum Gasteiger partial charge on any atom is -0.441 e. The van der Waals surface area contributed by atoms with Crippen LogP contribution in [0.3, 0.4) is 0 Å². The van der Waals surface area contributed by atoms with Crippen molar-refractivity contribution in [3.05, 3.63) is 46.5 Å². The Hall–Kier alpha value is -2.25. The second-order valence-electron chi connectivity index (χ2n) is 4.83. The zero-order chi connectivity index (χ0) is 15.9. The van der Waals surface area contributed by atoms with Gasteiger partial charge in [-0.2, -0.15) is 0 Å². The SMILES string of the molecule is CCN(CCO)CCc1ncc(-c2cccc([N+](=O)[O-])c2)o1. The molecule has 1 heterocycles. The van der Waals surface area contributed by atoms with Gasteiger partial charge in [-0.05, 0) is 6.54 Å². The maximum absolute atomic E-state index is 10.8. The van der Waals surface area contributed by atoms with E-state index in [1.54, 1.807) is 18.3 Å². The van der Waals surface area contributed by atoms with Crippen LogP contribution in [0.2, 0.25) is 0 Å². The Bertz CT molecular complexity index is 627. The molecule has 7 nitrogen and oxygen atoms in total. The van der Waals surface area contributed by atoms with E-state index in [-0.39, 0.29) is 12.3 Å². The molecule has 0 saturated heterocycles. The van der Waals surface area contributed by atoms with Crippen molar-refractivity contribution in [2.75, 3.05) is 26.2 Å². The van der Waals surface area contributed by atoms with Crippen molar-refractivity contribution < 1.29 is 14.4 Å². The molecule has 2 rings (SSSR count). The van der Waals surface area contributed by atoms with Gasteiger partial charge in [-0.1, -0.05) is 19.1 Å². The fraction of sp³-hybridized carbons (Fsp3) is 0.400. The Balaban J connectivity index is 2.05. The Morgan fingerprint density at radius 2 is 2.23 bits per heavy atom. The molecule has 0 amide bonds. The lowest BCUT2D eigenvalue weighted by Crippen LogP contribution is -2.28. The molecular weight excluding hydrogens is 286 g/mol. The Labute approximate surface area is 128 Å². The van der Waals surface area contributed by atoms with Crippen molar-refractivity contribution in [1.82, 2.24) is 9.88 Å². The van der Waals surface area contributed by atoms with Gasteiger partial charge < -0.3 is 14.4 Å². The van der Waals surface area contributed by atoms with E-state index in [1.165, 1.54) is 12.1 Å². The predicted molar refractivity (Wildman–Crippen MR) is 81.5 cm³/mol. The molecule has 0 radical (unpaired) electrons. The number of nitrogens with zero attached hydrogens (tertiary/aromatic N) is 3. The first-order chi connectivity index (χ1) is 10.6. The number of aliphatic hydroxyl groups is 1. The summed E-state index contributed by atoms with van der Waals surface area (Å²) in [6.45, 7) is 4.36. The average Bonchev–Trinajstić information content (AvgIpc) is 3.00. The van der Waals surface area contributed by atoms with Gasteiger partial charge in [-0.3, -0.25) is 10.1 Å². The zero-order valence-corrected chi connectivity index (χ0v) is 12.4. The van der Waals surface area contributed by atoms with Crippen molar-refractivity contribution in [3.8, 4) is 11.3 Å². The fourth-order valence-corrected chi connectivity index (χ4v) is 2.16. The van der Waals surface area contributed by atoms with Crippen molar-refractivity contribution in [2.24, 2.45) is 0 Å². The third kappa shape index (κ3) is 4.12. The number of aliphatic hydroxyl groups excluding tert-OH is 1.